The highest BCUT2D eigenvalue weighted by Crippen LogP contribution is 2.25. The number of anilines is 2. The molecule has 0 spiro atoms. The van der Waals surface area contributed by atoms with Crippen molar-refractivity contribution in [1.29, 1.82) is 5.26 Å². The van der Waals surface area contributed by atoms with Crippen molar-refractivity contribution in [3.63, 3.8) is 0 Å². The number of nitro benzene ring substituents is 1. The second-order valence-electron chi connectivity index (χ2n) is 3.59. The highest BCUT2D eigenvalue weighted by atomic mass is 35.5. The van der Waals surface area contributed by atoms with Gasteiger partial charge in [-0.3, -0.25) is 10.1 Å². The van der Waals surface area contributed by atoms with Gasteiger partial charge in [-0.15, -0.1) is 0 Å². The summed E-state index contributed by atoms with van der Waals surface area (Å²) in [6.45, 7) is 0. The first-order valence-corrected chi connectivity index (χ1v) is 5.55. The van der Waals surface area contributed by atoms with Gasteiger partial charge in [0, 0.05) is 12.1 Å². The third-order valence-corrected chi connectivity index (χ3v) is 2.56. The van der Waals surface area contributed by atoms with Crippen LogP contribution in [0.3, 0.4) is 0 Å². The lowest BCUT2D eigenvalue weighted by Gasteiger charge is -2.07. The molecule has 0 bridgehead atoms. The van der Waals surface area contributed by atoms with Crippen LogP contribution in [0.4, 0.5) is 17.1 Å². The SMILES string of the molecule is N#Cc1ccc([N+](=O)[O-])cc1Nc1ccc(Cl)nc1. The molecule has 0 aliphatic rings. The fraction of sp³-hybridized carbons (Fsp3) is 0. The first-order chi connectivity index (χ1) is 9.10. The predicted octanol–water partition coefficient (Wildman–Crippen LogP) is 3.26. The zero-order valence-corrected chi connectivity index (χ0v) is 10.3. The first kappa shape index (κ1) is 12.8. The number of nitrogens with one attached hydrogen (secondary N) is 1. The summed E-state index contributed by atoms with van der Waals surface area (Å²) in [6.07, 6.45) is 1.47. The Balaban J connectivity index is 2.37. The topological polar surface area (TPSA) is 91.8 Å². The molecular weight excluding hydrogens is 268 g/mol. The van der Waals surface area contributed by atoms with E-state index >= 15 is 0 Å². The number of hydrogen-bond acceptors (Lipinski definition) is 5. The van der Waals surface area contributed by atoms with Crippen LogP contribution in [-0.4, -0.2) is 9.91 Å². The second kappa shape index (κ2) is 5.33. The van der Waals surface area contributed by atoms with Crippen molar-refractivity contribution in [3.05, 3.63) is 57.4 Å². The predicted molar refractivity (Wildman–Crippen MR) is 70.3 cm³/mol. The summed E-state index contributed by atoms with van der Waals surface area (Å²) in [6, 6.07) is 9.17. The molecule has 1 aromatic carbocycles. The average molecular weight is 275 g/mol. The quantitative estimate of drug-likeness (QED) is 0.527. The van der Waals surface area contributed by atoms with Crippen molar-refractivity contribution in [2.75, 3.05) is 5.32 Å². The van der Waals surface area contributed by atoms with Gasteiger partial charge in [0.1, 0.15) is 11.2 Å². The molecule has 0 atom stereocenters. The molecule has 2 aromatic rings. The minimum absolute atomic E-state index is 0.0941. The van der Waals surface area contributed by atoms with Crippen LogP contribution in [0, 0.1) is 21.4 Å². The van der Waals surface area contributed by atoms with E-state index in [1.165, 1.54) is 24.4 Å². The van der Waals surface area contributed by atoms with E-state index < -0.39 is 4.92 Å². The number of benzene rings is 1. The van der Waals surface area contributed by atoms with Crippen molar-refractivity contribution in [2.45, 2.75) is 0 Å². The van der Waals surface area contributed by atoms with Crippen LogP contribution in [0.1, 0.15) is 5.56 Å². The first-order valence-electron chi connectivity index (χ1n) is 5.17. The molecule has 0 aliphatic carbocycles. The molecule has 0 fully saturated rings. The molecule has 2 rings (SSSR count). The molecule has 1 heterocycles. The van der Waals surface area contributed by atoms with Crippen LogP contribution in [-0.2, 0) is 0 Å². The van der Waals surface area contributed by atoms with E-state index in [0.717, 1.165) is 0 Å². The fourth-order valence-corrected chi connectivity index (χ4v) is 1.56. The third kappa shape index (κ3) is 2.97. The molecule has 0 amide bonds. The van der Waals surface area contributed by atoms with Crippen molar-refractivity contribution < 1.29 is 4.92 Å². The lowest BCUT2D eigenvalue weighted by molar-refractivity contribution is -0.384. The van der Waals surface area contributed by atoms with Crippen molar-refractivity contribution in [2.24, 2.45) is 0 Å². The maximum absolute atomic E-state index is 10.7. The highest BCUT2D eigenvalue weighted by Gasteiger charge is 2.10. The standard InChI is InChI=1S/C12H7ClN4O2/c13-12-4-2-9(7-15-12)16-11-5-10(17(18)19)3-1-8(11)6-14/h1-5,7,16H. The smallest absolute Gasteiger partial charge is 0.271 e. The zero-order chi connectivity index (χ0) is 13.8. The lowest BCUT2D eigenvalue weighted by Crippen LogP contribution is -1.96. The number of pyridine rings is 1. The van der Waals surface area contributed by atoms with Gasteiger partial charge in [-0.05, 0) is 18.2 Å². The molecule has 0 radical (unpaired) electrons. The molecule has 7 heteroatoms. The molecule has 0 aliphatic heterocycles. The number of rotatable bonds is 3. The van der Waals surface area contributed by atoms with Gasteiger partial charge in [0.25, 0.3) is 5.69 Å². The minimum atomic E-state index is -0.521. The summed E-state index contributed by atoms with van der Waals surface area (Å²) < 4.78 is 0. The Labute approximate surface area is 113 Å². The highest BCUT2D eigenvalue weighted by molar-refractivity contribution is 6.29. The summed E-state index contributed by atoms with van der Waals surface area (Å²) in [5, 5.41) is 22.9. The van der Waals surface area contributed by atoms with Gasteiger partial charge in [0.05, 0.1) is 28.1 Å². The van der Waals surface area contributed by atoms with E-state index in [0.29, 0.717) is 22.1 Å². The van der Waals surface area contributed by atoms with Gasteiger partial charge < -0.3 is 5.32 Å². The fourth-order valence-electron chi connectivity index (χ4n) is 1.45. The number of halogens is 1. The number of nitro groups is 1. The summed E-state index contributed by atoms with van der Waals surface area (Å²) in [5.74, 6) is 0. The van der Waals surface area contributed by atoms with Crippen molar-refractivity contribution >= 4 is 28.7 Å². The molecule has 94 valence electrons. The van der Waals surface area contributed by atoms with E-state index in [1.54, 1.807) is 12.1 Å². The minimum Gasteiger partial charge on any atom is -0.353 e. The molecule has 19 heavy (non-hydrogen) atoms. The Bertz CT molecular complexity index is 664. The van der Waals surface area contributed by atoms with Gasteiger partial charge in [-0.2, -0.15) is 5.26 Å². The van der Waals surface area contributed by atoms with Crippen LogP contribution >= 0.6 is 11.6 Å². The molecule has 0 unspecified atom stereocenters. The Morgan fingerprint density at radius 3 is 2.74 bits per heavy atom. The van der Waals surface area contributed by atoms with E-state index in [4.69, 9.17) is 16.9 Å². The molecular formula is C12H7ClN4O2. The Morgan fingerprint density at radius 2 is 2.16 bits per heavy atom. The van der Waals surface area contributed by atoms with E-state index in [-0.39, 0.29) is 5.69 Å². The van der Waals surface area contributed by atoms with Gasteiger partial charge in [-0.25, -0.2) is 4.98 Å². The monoisotopic (exact) mass is 274 g/mol. The summed E-state index contributed by atoms with van der Waals surface area (Å²) in [4.78, 5) is 14.1. The molecule has 0 saturated heterocycles. The van der Waals surface area contributed by atoms with Crippen LogP contribution in [0.15, 0.2) is 36.5 Å². The summed E-state index contributed by atoms with van der Waals surface area (Å²) in [5.41, 5.74) is 1.14. The molecule has 1 N–H and O–H groups in total. The van der Waals surface area contributed by atoms with E-state index in [9.17, 15) is 10.1 Å². The number of hydrogen-bond donors (Lipinski definition) is 1. The lowest BCUT2D eigenvalue weighted by atomic mass is 10.1. The number of non-ortho nitro benzene ring substituents is 1. The Kier molecular flexibility index (Phi) is 3.59. The molecule has 0 saturated carbocycles. The zero-order valence-electron chi connectivity index (χ0n) is 9.50. The average Bonchev–Trinajstić information content (AvgIpc) is 2.41. The van der Waals surface area contributed by atoms with E-state index in [2.05, 4.69) is 10.3 Å². The van der Waals surface area contributed by atoms with Crippen molar-refractivity contribution in [3.8, 4) is 6.07 Å². The maximum Gasteiger partial charge on any atom is 0.271 e. The Hall–Kier alpha value is -2.65. The van der Waals surface area contributed by atoms with Gasteiger partial charge in [0.15, 0.2) is 0 Å². The van der Waals surface area contributed by atoms with Gasteiger partial charge >= 0.3 is 0 Å². The van der Waals surface area contributed by atoms with Crippen molar-refractivity contribution in [1.82, 2.24) is 4.98 Å². The molecule has 1 aromatic heterocycles. The summed E-state index contributed by atoms with van der Waals surface area (Å²) >= 11 is 5.66. The number of nitrogens with zero attached hydrogens (tertiary/aromatic N) is 3. The van der Waals surface area contributed by atoms with Gasteiger partial charge in [-0.1, -0.05) is 11.6 Å². The Morgan fingerprint density at radius 1 is 1.37 bits per heavy atom. The number of aromatic nitrogens is 1. The molecule has 6 nitrogen and oxygen atoms in total. The maximum atomic E-state index is 10.7. The van der Waals surface area contributed by atoms with Crippen LogP contribution < -0.4 is 5.32 Å². The van der Waals surface area contributed by atoms with Gasteiger partial charge in [0.2, 0.25) is 0 Å². The van der Waals surface area contributed by atoms with Crippen LogP contribution in [0.25, 0.3) is 0 Å². The third-order valence-electron chi connectivity index (χ3n) is 2.34. The normalized spacial score (nSPS) is 9.68. The summed E-state index contributed by atoms with van der Waals surface area (Å²) in [7, 11) is 0. The largest absolute Gasteiger partial charge is 0.353 e. The van der Waals surface area contributed by atoms with Crippen LogP contribution in [0.5, 0.6) is 0 Å². The van der Waals surface area contributed by atoms with E-state index in [1.807, 2.05) is 6.07 Å². The second-order valence-corrected chi connectivity index (χ2v) is 3.98. The van der Waals surface area contributed by atoms with Crippen LogP contribution in [0.2, 0.25) is 5.15 Å². The number of nitriles is 1.